The van der Waals surface area contributed by atoms with Gasteiger partial charge in [-0.2, -0.15) is 8.78 Å². The molecular weight excluding hydrogens is 390 g/mol. The molecule has 10 heteroatoms. The molecule has 0 atom stereocenters. The van der Waals surface area contributed by atoms with Crippen molar-refractivity contribution < 1.29 is 26.7 Å². The van der Waals surface area contributed by atoms with Gasteiger partial charge in [0.15, 0.2) is 0 Å². The first-order valence-electron chi connectivity index (χ1n) is 7.23. The molecule has 0 aliphatic heterocycles. The van der Waals surface area contributed by atoms with Crippen LogP contribution >= 0.6 is 11.6 Å². The molecule has 140 valence electrons. The fraction of sp³-hybridized carbons (Fsp3) is 0.188. The first-order valence-corrected chi connectivity index (χ1v) is 9.46. The third kappa shape index (κ3) is 5.85. The minimum atomic E-state index is -3.73. The number of ether oxygens (including phenoxy) is 1. The van der Waals surface area contributed by atoms with Crippen LogP contribution in [0.15, 0.2) is 48.5 Å². The molecule has 2 aromatic carbocycles. The van der Waals surface area contributed by atoms with Crippen LogP contribution in [0, 0.1) is 0 Å². The second-order valence-corrected chi connectivity index (χ2v) is 7.54. The predicted octanol–water partition coefficient (Wildman–Crippen LogP) is 3.35. The monoisotopic (exact) mass is 404 g/mol. The summed E-state index contributed by atoms with van der Waals surface area (Å²) < 4.78 is 53.3. The van der Waals surface area contributed by atoms with Crippen molar-refractivity contribution >= 4 is 38.9 Å². The molecule has 0 radical (unpaired) electrons. The quantitative estimate of drug-likeness (QED) is 0.767. The lowest BCUT2D eigenvalue weighted by molar-refractivity contribution is -0.114. The number of carbonyl (C=O) groups excluding carboxylic acids is 1. The van der Waals surface area contributed by atoms with Crippen LogP contribution in [0.4, 0.5) is 20.2 Å². The molecule has 0 aliphatic rings. The summed E-state index contributed by atoms with van der Waals surface area (Å²) in [7, 11) is -3.73. The Hall–Kier alpha value is -2.39. The second kappa shape index (κ2) is 8.33. The van der Waals surface area contributed by atoms with Gasteiger partial charge in [-0.15, -0.1) is 0 Å². The summed E-state index contributed by atoms with van der Waals surface area (Å²) in [5, 5.41) is 2.81. The lowest BCUT2D eigenvalue weighted by Crippen LogP contribution is -2.37. The molecule has 2 aromatic rings. The van der Waals surface area contributed by atoms with Crippen molar-refractivity contribution in [2.75, 3.05) is 22.4 Å². The first-order chi connectivity index (χ1) is 12.1. The number of anilines is 2. The fourth-order valence-electron chi connectivity index (χ4n) is 2.08. The Morgan fingerprint density at radius 1 is 1.23 bits per heavy atom. The van der Waals surface area contributed by atoms with E-state index in [0.29, 0.717) is 10.7 Å². The summed E-state index contributed by atoms with van der Waals surface area (Å²) in [5.74, 6) is -0.674. The number of nitrogens with one attached hydrogen (secondary N) is 1. The van der Waals surface area contributed by atoms with Gasteiger partial charge < -0.3 is 10.1 Å². The summed E-state index contributed by atoms with van der Waals surface area (Å²) in [6.45, 7) is -3.43. The van der Waals surface area contributed by atoms with E-state index in [-0.39, 0.29) is 11.4 Å². The Morgan fingerprint density at radius 3 is 2.42 bits per heavy atom. The van der Waals surface area contributed by atoms with Crippen molar-refractivity contribution in [2.24, 2.45) is 0 Å². The number of hydrogen-bond donors (Lipinski definition) is 1. The Labute approximate surface area is 154 Å². The molecule has 26 heavy (non-hydrogen) atoms. The molecule has 2 rings (SSSR count). The molecule has 0 aromatic heterocycles. The largest absolute Gasteiger partial charge is 0.435 e. The summed E-state index contributed by atoms with van der Waals surface area (Å²) >= 11 is 5.87. The topological polar surface area (TPSA) is 75.7 Å². The van der Waals surface area contributed by atoms with Crippen molar-refractivity contribution in [2.45, 2.75) is 6.61 Å². The summed E-state index contributed by atoms with van der Waals surface area (Å²) in [6.07, 6.45) is 0.970. The van der Waals surface area contributed by atoms with E-state index in [2.05, 4.69) is 10.1 Å². The Bertz CT molecular complexity index is 876. The smallest absolute Gasteiger partial charge is 0.387 e. The lowest BCUT2D eigenvalue weighted by atomic mass is 10.3. The Kier molecular flexibility index (Phi) is 6.38. The molecule has 0 saturated carbocycles. The van der Waals surface area contributed by atoms with Crippen molar-refractivity contribution in [1.29, 1.82) is 0 Å². The van der Waals surface area contributed by atoms with Crippen LogP contribution in [0.3, 0.4) is 0 Å². The number of alkyl halides is 2. The number of hydrogen-bond acceptors (Lipinski definition) is 4. The molecule has 0 unspecified atom stereocenters. The van der Waals surface area contributed by atoms with Crippen molar-refractivity contribution in [3.05, 3.63) is 53.6 Å². The molecule has 0 aliphatic carbocycles. The fourth-order valence-corrected chi connectivity index (χ4v) is 3.11. The number of amides is 1. The molecule has 0 spiro atoms. The van der Waals surface area contributed by atoms with Gasteiger partial charge in [0.25, 0.3) is 0 Å². The molecule has 1 N–H and O–H groups in total. The van der Waals surface area contributed by atoms with Crippen LogP contribution in [0.5, 0.6) is 5.75 Å². The molecule has 6 nitrogen and oxygen atoms in total. The Morgan fingerprint density at radius 2 is 1.88 bits per heavy atom. The third-order valence-electron chi connectivity index (χ3n) is 3.15. The van der Waals surface area contributed by atoms with E-state index in [1.165, 1.54) is 36.4 Å². The van der Waals surface area contributed by atoms with Gasteiger partial charge in [0.05, 0.1) is 11.9 Å². The van der Waals surface area contributed by atoms with Gasteiger partial charge in [-0.1, -0.05) is 17.7 Å². The van der Waals surface area contributed by atoms with E-state index in [1.807, 2.05) is 0 Å². The Balaban J connectivity index is 2.10. The predicted molar refractivity (Wildman–Crippen MR) is 95.3 cm³/mol. The van der Waals surface area contributed by atoms with Gasteiger partial charge in [0.2, 0.25) is 15.9 Å². The number of halogens is 3. The van der Waals surface area contributed by atoms with Crippen LogP contribution in [-0.2, 0) is 14.8 Å². The van der Waals surface area contributed by atoms with E-state index in [1.54, 1.807) is 12.1 Å². The van der Waals surface area contributed by atoms with E-state index in [9.17, 15) is 22.0 Å². The van der Waals surface area contributed by atoms with Crippen LogP contribution in [0.1, 0.15) is 0 Å². The van der Waals surface area contributed by atoms with Crippen molar-refractivity contribution in [3.63, 3.8) is 0 Å². The molecule has 1 amide bonds. The van der Waals surface area contributed by atoms with E-state index in [0.717, 1.165) is 10.6 Å². The van der Waals surface area contributed by atoms with Gasteiger partial charge >= 0.3 is 6.61 Å². The van der Waals surface area contributed by atoms with Crippen LogP contribution in [-0.4, -0.2) is 33.7 Å². The van der Waals surface area contributed by atoms with Gasteiger partial charge in [-0.25, -0.2) is 8.42 Å². The standard InChI is InChI=1S/C16H15ClF2N2O4S/c1-26(23,24)21(13-4-2-3-11(17)9-13)10-15(22)20-12-5-7-14(8-6-12)25-16(18)19/h2-9,16H,10H2,1H3,(H,20,22). The minimum Gasteiger partial charge on any atom is -0.435 e. The zero-order chi connectivity index (χ0) is 19.3. The number of rotatable bonds is 7. The molecule has 0 heterocycles. The summed E-state index contributed by atoms with van der Waals surface area (Å²) in [5.41, 5.74) is 0.548. The molecule has 0 saturated heterocycles. The van der Waals surface area contributed by atoms with Crippen LogP contribution in [0.2, 0.25) is 5.02 Å². The van der Waals surface area contributed by atoms with Gasteiger partial charge in [-0.05, 0) is 42.5 Å². The van der Waals surface area contributed by atoms with E-state index < -0.39 is 29.1 Å². The van der Waals surface area contributed by atoms with Gasteiger partial charge in [0.1, 0.15) is 12.3 Å². The van der Waals surface area contributed by atoms with Gasteiger partial charge in [0, 0.05) is 10.7 Å². The van der Waals surface area contributed by atoms with Crippen LogP contribution < -0.4 is 14.4 Å². The number of carbonyl (C=O) groups is 1. The molecule has 0 fully saturated rings. The average molecular weight is 405 g/mol. The van der Waals surface area contributed by atoms with E-state index in [4.69, 9.17) is 11.6 Å². The lowest BCUT2D eigenvalue weighted by Gasteiger charge is -2.22. The highest BCUT2D eigenvalue weighted by Crippen LogP contribution is 2.22. The zero-order valence-electron chi connectivity index (χ0n) is 13.5. The highest BCUT2D eigenvalue weighted by molar-refractivity contribution is 7.92. The second-order valence-electron chi connectivity index (χ2n) is 5.20. The zero-order valence-corrected chi connectivity index (χ0v) is 15.1. The maximum Gasteiger partial charge on any atom is 0.387 e. The van der Waals surface area contributed by atoms with Crippen LogP contribution in [0.25, 0.3) is 0 Å². The van der Waals surface area contributed by atoms with Gasteiger partial charge in [-0.3, -0.25) is 9.10 Å². The highest BCUT2D eigenvalue weighted by atomic mass is 35.5. The molecular formula is C16H15ClF2N2O4S. The van der Waals surface area contributed by atoms with E-state index >= 15 is 0 Å². The minimum absolute atomic E-state index is 0.0605. The maximum atomic E-state index is 12.2. The number of nitrogens with zero attached hydrogens (tertiary/aromatic N) is 1. The maximum absolute atomic E-state index is 12.2. The highest BCUT2D eigenvalue weighted by Gasteiger charge is 2.21. The average Bonchev–Trinajstić information content (AvgIpc) is 2.53. The molecule has 0 bridgehead atoms. The first kappa shape index (κ1) is 19.9. The SMILES string of the molecule is CS(=O)(=O)N(CC(=O)Nc1ccc(OC(F)F)cc1)c1cccc(Cl)c1. The normalized spacial score (nSPS) is 11.3. The summed E-state index contributed by atoms with van der Waals surface area (Å²) in [4.78, 5) is 12.2. The number of sulfonamides is 1. The van der Waals surface area contributed by atoms with Crippen molar-refractivity contribution in [1.82, 2.24) is 0 Å². The summed E-state index contributed by atoms with van der Waals surface area (Å²) in [6, 6.07) is 11.3. The number of benzene rings is 2. The van der Waals surface area contributed by atoms with Crippen molar-refractivity contribution in [3.8, 4) is 5.75 Å². The third-order valence-corrected chi connectivity index (χ3v) is 4.52.